The van der Waals surface area contributed by atoms with E-state index in [-0.39, 0.29) is 0 Å². The Kier molecular flexibility index (Phi) is 5.86. The van der Waals surface area contributed by atoms with Gasteiger partial charge >= 0.3 is 0 Å². The van der Waals surface area contributed by atoms with Crippen LogP contribution in [0.5, 0.6) is 0 Å². The van der Waals surface area contributed by atoms with Crippen molar-refractivity contribution in [2.24, 2.45) is 5.92 Å². The van der Waals surface area contributed by atoms with Gasteiger partial charge in [0, 0.05) is 17.6 Å². The molecule has 3 heteroatoms. The van der Waals surface area contributed by atoms with Crippen LogP contribution in [0.4, 0.5) is 0 Å². The highest BCUT2D eigenvalue weighted by molar-refractivity contribution is 9.10. The van der Waals surface area contributed by atoms with E-state index in [1.807, 2.05) is 0 Å². The third-order valence-electron chi connectivity index (χ3n) is 4.10. The van der Waals surface area contributed by atoms with Crippen molar-refractivity contribution in [3.8, 4) is 0 Å². The molecule has 0 spiro atoms. The van der Waals surface area contributed by atoms with Crippen molar-refractivity contribution >= 4 is 15.9 Å². The van der Waals surface area contributed by atoms with Gasteiger partial charge in [-0.2, -0.15) is 0 Å². The maximum absolute atomic E-state index is 3.56. The Morgan fingerprint density at radius 3 is 2.79 bits per heavy atom. The lowest BCUT2D eigenvalue weighted by atomic mass is 9.97. The molecule has 0 atom stereocenters. The summed E-state index contributed by atoms with van der Waals surface area (Å²) in [5.74, 6) is 0.884. The van der Waals surface area contributed by atoms with Crippen LogP contribution in [0.2, 0.25) is 0 Å². The lowest BCUT2D eigenvalue weighted by molar-refractivity contribution is 0.242. The maximum Gasteiger partial charge on any atom is 0.0178 e. The van der Waals surface area contributed by atoms with Gasteiger partial charge in [-0.3, -0.25) is 0 Å². The average Bonchev–Trinajstić information content (AvgIpc) is 2.41. The number of hydrogen-bond acceptors (Lipinski definition) is 2. The van der Waals surface area contributed by atoms with E-state index in [1.54, 1.807) is 0 Å². The molecule has 1 N–H and O–H groups in total. The standard InChI is InChI=1S/C16H25BrN2/c1-13-3-4-16(17)11-15(13)7-10-19(2)12-14-5-8-18-9-6-14/h3-4,11,14,18H,5-10,12H2,1-2H3. The lowest BCUT2D eigenvalue weighted by Gasteiger charge is -2.27. The fraction of sp³-hybridized carbons (Fsp3) is 0.625. The van der Waals surface area contributed by atoms with Crippen LogP contribution in [0.25, 0.3) is 0 Å². The molecule has 0 amide bonds. The van der Waals surface area contributed by atoms with Crippen LogP contribution in [-0.4, -0.2) is 38.1 Å². The Morgan fingerprint density at radius 2 is 2.05 bits per heavy atom. The Labute approximate surface area is 125 Å². The largest absolute Gasteiger partial charge is 0.317 e. The molecule has 1 aliphatic rings. The fourth-order valence-corrected chi connectivity index (χ4v) is 3.23. The molecule has 1 heterocycles. The zero-order valence-corrected chi connectivity index (χ0v) is 13.7. The molecule has 19 heavy (non-hydrogen) atoms. The summed E-state index contributed by atoms with van der Waals surface area (Å²) in [6.45, 7) is 7.00. The normalized spacial score (nSPS) is 17.1. The summed E-state index contributed by atoms with van der Waals surface area (Å²) in [6, 6.07) is 6.58. The first-order valence-corrected chi connectivity index (χ1v) is 8.09. The van der Waals surface area contributed by atoms with E-state index in [9.17, 15) is 0 Å². The molecule has 1 fully saturated rings. The van der Waals surface area contributed by atoms with E-state index in [1.165, 1.54) is 48.1 Å². The highest BCUT2D eigenvalue weighted by Crippen LogP contribution is 2.17. The SMILES string of the molecule is Cc1ccc(Br)cc1CCN(C)CC1CCNCC1. The van der Waals surface area contributed by atoms with E-state index in [4.69, 9.17) is 0 Å². The Hall–Kier alpha value is -0.380. The topological polar surface area (TPSA) is 15.3 Å². The van der Waals surface area contributed by atoms with Gasteiger partial charge in [0.25, 0.3) is 0 Å². The average molecular weight is 325 g/mol. The van der Waals surface area contributed by atoms with Crippen molar-refractivity contribution in [2.45, 2.75) is 26.2 Å². The van der Waals surface area contributed by atoms with Crippen LogP contribution in [0, 0.1) is 12.8 Å². The van der Waals surface area contributed by atoms with Gasteiger partial charge in [0.1, 0.15) is 0 Å². The summed E-state index contributed by atoms with van der Waals surface area (Å²) < 4.78 is 1.19. The zero-order chi connectivity index (χ0) is 13.7. The maximum atomic E-state index is 3.56. The lowest BCUT2D eigenvalue weighted by Crippen LogP contribution is -2.35. The van der Waals surface area contributed by atoms with E-state index in [2.05, 4.69) is 58.3 Å². The number of nitrogens with one attached hydrogen (secondary N) is 1. The molecule has 1 aliphatic heterocycles. The number of nitrogens with zero attached hydrogens (tertiary/aromatic N) is 1. The molecule has 1 saturated heterocycles. The summed E-state index contributed by atoms with van der Waals surface area (Å²) in [5, 5.41) is 3.44. The molecule has 1 aromatic rings. The van der Waals surface area contributed by atoms with E-state index < -0.39 is 0 Å². The van der Waals surface area contributed by atoms with Gasteiger partial charge in [0.2, 0.25) is 0 Å². The summed E-state index contributed by atoms with van der Waals surface area (Å²) in [4.78, 5) is 2.50. The monoisotopic (exact) mass is 324 g/mol. The van der Waals surface area contributed by atoms with Gasteiger partial charge in [-0.15, -0.1) is 0 Å². The number of rotatable bonds is 5. The minimum Gasteiger partial charge on any atom is -0.317 e. The molecule has 1 aromatic carbocycles. The van der Waals surface area contributed by atoms with E-state index >= 15 is 0 Å². The number of piperidine rings is 1. The summed E-state index contributed by atoms with van der Waals surface area (Å²) >= 11 is 3.56. The fourth-order valence-electron chi connectivity index (χ4n) is 2.82. The number of benzene rings is 1. The zero-order valence-electron chi connectivity index (χ0n) is 12.1. The number of aryl methyl sites for hydroxylation is 1. The van der Waals surface area contributed by atoms with Crippen molar-refractivity contribution in [2.75, 3.05) is 33.2 Å². The van der Waals surface area contributed by atoms with Gasteiger partial charge in [-0.25, -0.2) is 0 Å². The molecule has 0 unspecified atom stereocenters. The van der Waals surface area contributed by atoms with Crippen molar-refractivity contribution in [1.29, 1.82) is 0 Å². The Morgan fingerprint density at radius 1 is 1.32 bits per heavy atom. The predicted octanol–water partition coefficient (Wildman–Crippen LogP) is 3.23. The van der Waals surface area contributed by atoms with Gasteiger partial charge in [-0.1, -0.05) is 22.0 Å². The number of likely N-dealkylation sites (N-methyl/N-ethyl adjacent to an activating group) is 1. The molecule has 0 saturated carbocycles. The number of hydrogen-bond donors (Lipinski definition) is 1. The van der Waals surface area contributed by atoms with Crippen LogP contribution in [0.1, 0.15) is 24.0 Å². The van der Waals surface area contributed by atoms with E-state index in [0.29, 0.717) is 0 Å². The Bertz CT molecular complexity index is 400. The van der Waals surface area contributed by atoms with Crippen molar-refractivity contribution < 1.29 is 0 Å². The van der Waals surface area contributed by atoms with Gasteiger partial charge < -0.3 is 10.2 Å². The van der Waals surface area contributed by atoms with E-state index in [0.717, 1.165) is 18.9 Å². The second-order valence-electron chi connectivity index (χ2n) is 5.78. The summed E-state index contributed by atoms with van der Waals surface area (Å²) in [5.41, 5.74) is 2.87. The summed E-state index contributed by atoms with van der Waals surface area (Å²) in [6.07, 6.45) is 3.81. The second-order valence-corrected chi connectivity index (χ2v) is 6.69. The minimum absolute atomic E-state index is 0.884. The van der Waals surface area contributed by atoms with Crippen molar-refractivity contribution in [1.82, 2.24) is 10.2 Å². The van der Waals surface area contributed by atoms with Crippen LogP contribution in [-0.2, 0) is 6.42 Å². The smallest absolute Gasteiger partial charge is 0.0178 e. The van der Waals surface area contributed by atoms with Gasteiger partial charge in [0.15, 0.2) is 0 Å². The number of halogens is 1. The van der Waals surface area contributed by atoms with Crippen LogP contribution in [0.15, 0.2) is 22.7 Å². The van der Waals surface area contributed by atoms with Crippen LogP contribution < -0.4 is 5.32 Å². The quantitative estimate of drug-likeness (QED) is 0.894. The first-order chi connectivity index (χ1) is 9.15. The van der Waals surface area contributed by atoms with Crippen LogP contribution in [0.3, 0.4) is 0 Å². The Balaban J connectivity index is 1.79. The molecular formula is C16H25BrN2. The van der Waals surface area contributed by atoms with Gasteiger partial charge in [0.05, 0.1) is 0 Å². The molecule has 0 bridgehead atoms. The molecule has 106 valence electrons. The van der Waals surface area contributed by atoms with Crippen molar-refractivity contribution in [3.63, 3.8) is 0 Å². The summed E-state index contributed by atoms with van der Waals surface area (Å²) in [7, 11) is 2.26. The molecule has 2 nitrogen and oxygen atoms in total. The van der Waals surface area contributed by atoms with Crippen LogP contribution >= 0.6 is 15.9 Å². The molecular weight excluding hydrogens is 300 g/mol. The highest BCUT2D eigenvalue weighted by Gasteiger charge is 2.14. The molecule has 0 aliphatic carbocycles. The van der Waals surface area contributed by atoms with Gasteiger partial charge in [-0.05, 0) is 75.5 Å². The third kappa shape index (κ3) is 4.90. The molecule has 0 radical (unpaired) electrons. The predicted molar refractivity (Wildman–Crippen MR) is 85.7 cm³/mol. The minimum atomic E-state index is 0.884. The highest BCUT2D eigenvalue weighted by atomic mass is 79.9. The first-order valence-electron chi connectivity index (χ1n) is 7.29. The first kappa shape index (κ1) is 15.0. The molecule has 0 aromatic heterocycles. The third-order valence-corrected chi connectivity index (χ3v) is 4.60. The molecule has 2 rings (SSSR count). The second kappa shape index (κ2) is 7.41. The van der Waals surface area contributed by atoms with Crippen molar-refractivity contribution in [3.05, 3.63) is 33.8 Å².